The van der Waals surface area contributed by atoms with Gasteiger partial charge in [0.25, 0.3) is 0 Å². The molecule has 0 radical (unpaired) electrons. The van der Waals surface area contributed by atoms with E-state index in [2.05, 4.69) is 29.2 Å². The largest absolute Gasteiger partial charge is 0.378 e. The van der Waals surface area contributed by atoms with Crippen molar-refractivity contribution in [1.82, 2.24) is 20.1 Å². The van der Waals surface area contributed by atoms with Crippen molar-refractivity contribution in [1.29, 1.82) is 0 Å². The first kappa shape index (κ1) is 14.5. The van der Waals surface area contributed by atoms with Gasteiger partial charge in [-0.25, -0.2) is 4.98 Å². The fourth-order valence-corrected chi connectivity index (χ4v) is 2.89. The molecule has 0 bridgehead atoms. The zero-order chi connectivity index (χ0) is 13.7. The average molecular weight is 266 g/mol. The maximum Gasteiger partial charge on any atom is 0.138 e. The van der Waals surface area contributed by atoms with Gasteiger partial charge >= 0.3 is 0 Å². The Morgan fingerprint density at radius 2 is 2.26 bits per heavy atom. The second-order valence-electron chi connectivity index (χ2n) is 5.41. The molecule has 0 aliphatic heterocycles. The molecule has 1 heterocycles. The third kappa shape index (κ3) is 4.01. The lowest BCUT2D eigenvalue weighted by Crippen LogP contribution is -2.39. The van der Waals surface area contributed by atoms with Gasteiger partial charge in [-0.3, -0.25) is 4.68 Å². The van der Waals surface area contributed by atoms with Crippen molar-refractivity contribution in [3.63, 3.8) is 0 Å². The molecule has 1 unspecified atom stereocenters. The lowest BCUT2D eigenvalue weighted by molar-refractivity contribution is -0.0290. The van der Waals surface area contributed by atoms with Gasteiger partial charge < -0.3 is 10.1 Å². The summed E-state index contributed by atoms with van der Waals surface area (Å²) in [6, 6.07) is 0.500. The normalized spacial score (nSPS) is 24.2. The van der Waals surface area contributed by atoms with E-state index < -0.39 is 0 Å². The van der Waals surface area contributed by atoms with Gasteiger partial charge in [-0.15, -0.1) is 0 Å². The summed E-state index contributed by atoms with van der Waals surface area (Å²) in [7, 11) is 1.96. The van der Waals surface area contributed by atoms with E-state index in [0.29, 0.717) is 12.1 Å². The van der Waals surface area contributed by atoms with Gasteiger partial charge in [-0.05, 0) is 38.6 Å². The predicted octanol–water partition coefficient (Wildman–Crippen LogP) is 1.54. The van der Waals surface area contributed by atoms with E-state index in [1.807, 2.05) is 11.7 Å². The molecule has 19 heavy (non-hydrogen) atoms. The van der Waals surface area contributed by atoms with Crippen molar-refractivity contribution in [2.24, 2.45) is 13.0 Å². The van der Waals surface area contributed by atoms with Crippen molar-refractivity contribution in [3.8, 4) is 0 Å². The fraction of sp³-hybridized carbons (Fsp3) is 0.857. The van der Waals surface area contributed by atoms with Crippen LogP contribution in [0, 0.1) is 5.92 Å². The number of ether oxygens (including phenoxy) is 1. The van der Waals surface area contributed by atoms with Gasteiger partial charge in [-0.1, -0.05) is 6.92 Å². The SMILES string of the molecule is CCNC(Cc1ncnn1C)CC1CC(OCC)C1. The number of rotatable bonds is 8. The molecular weight excluding hydrogens is 240 g/mol. The number of hydrogen-bond acceptors (Lipinski definition) is 4. The van der Waals surface area contributed by atoms with Crippen molar-refractivity contribution in [3.05, 3.63) is 12.2 Å². The maximum absolute atomic E-state index is 5.63. The third-order valence-electron chi connectivity index (χ3n) is 3.94. The summed E-state index contributed by atoms with van der Waals surface area (Å²) in [5.41, 5.74) is 0. The van der Waals surface area contributed by atoms with Crippen molar-refractivity contribution < 1.29 is 4.74 Å². The van der Waals surface area contributed by atoms with Crippen LogP contribution in [0.15, 0.2) is 6.33 Å². The highest BCUT2D eigenvalue weighted by Crippen LogP contribution is 2.33. The minimum absolute atomic E-state index is 0.500. The van der Waals surface area contributed by atoms with Crippen LogP contribution in [-0.2, 0) is 18.2 Å². The lowest BCUT2D eigenvalue weighted by Gasteiger charge is -2.37. The second-order valence-corrected chi connectivity index (χ2v) is 5.41. The quantitative estimate of drug-likeness (QED) is 0.775. The number of nitrogens with one attached hydrogen (secondary N) is 1. The molecular formula is C14H26N4O. The molecule has 1 aliphatic rings. The third-order valence-corrected chi connectivity index (χ3v) is 3.94. The van der Waals surface area contributed by atoms with E-state index in [1.165, 1.54) is 19.3 Å². The average Bonchev–Trinajstić information content (AvgIpc) is 2.73. The molecule has 1 aromatic rings. The van der Waals surface area contributed by atoms with Gasteiger partial charge in [0.05, 0.1) is 6.10 Å². The van der Waals surface area contributed by atoms with Crippen molar-refractivity contribution in [2.75, 3.05) is 13.2 Å². The van der Waals surface area contributed by atoms with Crippen molar-refractivity contribution >= 4 is 0 Å². The van der Waals surface area contributed by atoms with Crippen LogP contribution in [0.3, 0.4) is 0 Å². The predicted molar refractivity (Wildman–Crippen MR) is 74.9 cm³/mol. The maximum atomic E-state index is 5.63. The van der Waals surface area contributed by atoms with Crippen LogP contribution in [0.5, 0.6) is 0 Å². The molecule has 0 amide bonds. The van der Waals surface area contributed by atoms with Gasteiger partial charge in [0, 0.05) is 26.1 Å². The van der Waals surface area contributed by atoms with Gasteiger partial charge in [0.2, 0.25) is 0 Å². The molecule has 1 N–H and O–H groups in total. The Labute approximate surface area is 115 Å². The summed E-state index contributed by atoms with van der Waals surface area (Å²) in [6.07, 6.45) is 6.74. The molecule has 2 rings (SSSR count). The van der Waals surface area contributed by atoms with Crippen LogP contribution in [0.2, 0.25) is 0 Å². The Morgan fingerprint density at radius 1 is 1.47 bits per heavy atom. The van der Waals surface area contributed by atoms with E-state index in [-0.39, 0.29) is 0 Å². The molecule has 0 saturated heterocycles. The van der Waals surface area contributed by atoms with Crippen LogP contribution in [0.1, 0.15) is 38.9 Å². The first-order chi connectivity index (χ1) is 9.22. The zero-order valence-corrected chi connectivity index (χ0v) is 12.3. The summed E-state index contributed by atoms with van der Waals surface area (Å²) in [5, 5.41) is 7.71. The standard InChI is InChI=1S/C14H26N4O/c1-4-15-12(9-14-16-10-17-18(14)3)6-11-7-13(8-11)19-5-2/h10-13,15H,4-9H2,1-3H3. The van der Waals surface area contributed by atoms with Gasteiger partial charge in [-0.2, -0.15) is 5.10 Å². The Kier molecular flexibility index (Phi) is 5.34. The highest BCUT2D eigenvalue weighted by atomic mass is 16.5. The van der Waals surface area contributed by atoms with Crippen LogP contribution in [0.25, 0.3) is 0 Å². The van der Waals surface area contributed by atoms with Gasteiger partial charge in [0.1, 0.15) is 12.2 Å². The van der Waals surface area contributed by atoms with Crippen LogP contribution < -0.4 is 5.32 Å². The summed E-state index contributed by atoms with van der Waals surface area (Å²) in [5.74, 6) is 1.86. The number of aryl methyl sites for hydroxylation is 1. The highest BCUT2D eigenvalue weighted by Gasteiger charge is 2.31. The number of likely N-dealkylation sites (N-methyl/N-ethyl adjacent to an activating group) is 1. The summed E-state index contributed by atoms with van der Waals surface area (Å²) < 4.78 is 7.50. The Morgan fingerprint density at radius 3 is 2.84 bits per heavy atom. The molecule has 1 aliphatic carbocycles. The first-order valence-electron chi connectivity index (χ1n) is 7.40. The minimum atomic E-state index is 0.500. The molecule has 5 heteroatoms. The Balaban J connectivity index is 1.79. The molecule has 1 atom stereocenters. The fourth-order valence-electron chi connectivity index (χ4n) is 2.89. The monoisotopic (exact) mass is 266 g/mol. The van der Waals surface area contributed by atoms with Gasteiger partial charge in [0.15, 0.2) is 0 Å². The lowest BCUT2D eigenvalue weighted by atomic mass is 9.77. The summed E-state index contributed by atoms with van der Waals surface area (Å²) in [6.45, 7) is 6.08. The van der Waals surface area contributed by atoms with E-state index in [1.54, 1.807) is 6.33 Å². The molecule has 0 aromatic carbocycles. The molecule has 1 fully saturated rings. The minimum Gasteiger partial charge on any atom is -0.378 e. The van der Waals surface area contributed by atoms with Crippen LogP contribution in [0.4, 0.5) is 0 Å². The van der Waals surface area contributed by atoms with E-state index in [0.717, 1.165) is 31.3 Å². The van der Waals surface area contributed by atoms with E-state index in [9.17, 15) is 0 Å². The Bertz CT molecular complexity index is 373. The Hall–Kier alpha value is -0.940. The molecule has 5 nitrogen and oxygen atoms in total. The number of nitrogens with zero attached hydrogens (tertiary/aromatic N) is 3. The highest BCUT2D eigenvalue weighted by molar-refractivity contribution is 4.92. The van der Waals surface area contributed by atoms with E-state index >= 15 is 0 Å². The summed E-state index contributed by atoms with van der Waals surface area (Å²) >= 11 is 0. The molecule has 1 saturated carbocycles. The number of hydrogen-bond donors (Lipinski definition) is 1. The second kappa shape index (κ2) is 7.01. The summed E-state index contributed by atoms with van der Waals surface area (Å²) in [4.78, 5) is 4.32. The van der Waals surface area contributed by atoms with Crippen LogP contribution in [-0.4, -0.2) is 40.1 Å². The topological polar surface area (TPSA) is 52.0 Å². The zero-order valence-electron chi connectivity index (χ0n) is 12.3. The molecule has 108 valence electrons. The smallest absolute Gasteiger partial charge is 0.138 e. The van der Waals surface area contributed by atoms with E-state index in [4.69, 9.17) is 4.74 Å². The number of aromatic nitrogens is 3. The first-order valence-corrected chi connectivity index (χ1v) is 7.40. The van der Waals surface area contributed by atoms with Crippen molar-refractivity contribution in [2.45, 2.75) is 51.7 Å². The molecule has 0 spiro atoms. The van der Waals surface area contributed by atoms with Crippen LogP contribution >= 0.6 is 0 Å². The molecule has 1 aromatic heterocycles.